The van der Waals surface area contributed by atoms with Crippen LogP contribution in [0.5, 0.6) is 0 Å². The molecule has 2 atom stereocenters. The molecule has 0 aliphatic heterocycles. The van der Waals surface area contributed by atoms with Crippen molar-refractivity contribution in [2.75, 3.05) is 0 Å². The fourth-order valence-corrected chi connectivity index (χ4v) is 6.36. The first kappa shape index (κ1) is 39.5. The summed E-state index contributed by atoms with van der Waals surface area (Å²) in [5.74, 6) is 0. The highest BCUT2D eigenvalue weighted by Crippen LogP contribution is 2.45. The summed E-state index contributed by atoms with van der Waals surface area (Å²) in [5, 5.41) is -0.409. The van der Waals surface area contributed by atoms with E-state index in [9.17, 15) is 0 Å². The molecular formula is C38H39Br2O3P3. The summed E-state index contributed by atoms with van der Waals surface area (Å²) in [6.45, 7) is 0. The van der Waals surface area contributed by atoms with Crippen LogP contribution in [0.2, 0.25) is 0 Å². The largest absolute Gasteiger partial charge is 0.326 e. The van der Waals surface area contributed by atoms with E-state index in [0.717, 1.165) is 0 Å². The SMILES string of the molecule is Br.Br.O=[PH](O)O.PC(c1ccccc1)(c1ccccc1)c1ccccc1.PC(c1ccccc1)(c1ccccc1)c1ccccc1. The number of halogens is 2. The van der Waals surface area contributed by atoms with Crippen LogP contribution in [0.1, 0.15) is 33.4 Å². The van der Waals surface area contributed by atoms with Gasteiger partial charge in [-0.3, -0.25) is 4.57 Å². The molecular weight excluding hydrogens is 757 g/mol. The Morgan fingerprint density at radius 2 is 0.457 bits per heavy atom. The first-order valence-electron chi connectivity index (χ1n) is 14.2. The monoisotopic (exact) mass is 794 g/mol. The second kappa shape index (κ2) is 19.8. The van der Waals surface area contributed by atoms with Crippen LogP contribution in [0.3, 0.4) is 0 Å². The van der Waals surface area contributed by atoms with Crippen LogP contribution >= 0.6 is 60.7 Å². The Balaban J connectivity index is 0.000000276. The molecule has 2 unspecified atom stereocenters. The highest BCUT2D eigenvalue weighted by molar-refractivity contribution is 8.93. The average molecular weight is 796 g/mol. The van der Waals surface area contributed by atoms with Gasteiger partial charge in [0.15, 0.2) is 0 Å². The third-order valence-electron chi connectivity index (χ3n) is 7.37. The lowest BCUT2D eigenvalue weighted by Gasteiger charge is -2.31. The topological polar surface area (TPSA) is 57.5 Å². The van der Waals surface area contributed by atoms with Gasteiger partial charge in [-0.2, -0.15) is 0 Å². The van der Waals surface area contributed by atoms with Crippen molar-refractivity contribution in [3.8, 4) is 0 Å². The Kier molecular flexibility index (Phi) is 17.0. The quantitative estimate of drug-likeness (QED) is 0.130. The van der Waals surface area contributed by atoms with E-state index in [4.69, 9.17) is 14.4 Å². The van der Waals surface area contributed by atoms with Gasteiger partial charge in [0, 0.05) is 0 Å². The van der Waals surface area contributed by atoms with E-state index in [-0.39, 0.29) is 44.3 Å². The molecule has 0 saturated heterocycles. The summed E-state index contributed by atoms with van der Waals surface area (Å²) < 4.78 is 8.74. The first-order valence-corrected chi connectivity index (χ1v) is 16.7. The zero-order chi connectivity index (χ0) is 31.3. The van der Waals surface area contributed by atoms with E-state index >= 15 is 0 Å². The van der Waals surface area contributed by atoms with Gasteiger partial charge < -0.3 is 9.79 Å². The van der Waals surface area contributed by atoms with Gasteiger partial charge in [0.2, 0.25) is 0 Å². The van der Waals surface area contributed by atoms with Crippen LogP contribution in [0, 0.1) is 0 Å². The standard InChI is InChI=1S/2C19H17P.2BrH.H3O3P/c2*20-19(16-10-4-1-5-11-16,17-12-6-2-7-13-17)18-14-8-3-9-15-18;;;1-4(2)3/h2*1-15H,20H2;2*1H;4H,(H2,1,2,3). The Hall–Kier alpha value is -2.71. The molecule has 0 aromatic heterocycles. The Morgan fingerprint density at radius 3 is 0.565 bits per heavy atom. The minimum Gasteiger partial charge on any atom is -0.326 e. The lowest BCUT2D eigenvalue weighted by atomic mass is 9.84. The van der Waals surface area contributed by atoms with Crippen LogP contribution in [-0.4, -0.2) is 9.79 Å². The molecule has 0 heterocycles. The van der Waals surface area contributed by atoms with Crippen molar-refractivity contribution in [2.45, 2.75) is 10.3 Å². The fourth-order valence-electron chi connectivity index (χ4n) is 5.21. The average Bonchev–Trinajstić information content (AvgIpc) is 3.10. The molecule has 0 aliphatic rings. The van der Waals surface area contributed by atoms with Crippen molar-refractivity contribution in [3.05, 3.63) is 215 Å². The molecule has 8 heteroatoms. The van der Waals surface area contributed by atoms with Gasteiger partial charge in [0.1, 0.15) is 0 Å². The predicted molar refractivity (Wildman–Crippen MR) is 212 cm³/mol. The summed E-state index contributed by atoms with van der Waals surface area (Å²) in [5.41, 5.74) is 7.68. The van der Waals surface area contributed by atoms with Gasteiger partial charge in [-0.05, 0) is 33.4 Å². The van der Waals surface area contributed by atoms with Gasteiger partial charge in [0.05, 0.1) is 10.3 Å². The third-order valence-corrected chi connectivity index (χ3v) is 9.37. The number of hydrogen-bond acceptors (Lipinski definition) is 1. The number of rotatable bonds is 6. The van der Waals surface area contributed by atoms with Crippen LogP contribution in [-0.2, 0) is 14.9 Å². The van der Waals surface area contributed by atoms with Gasteiger partial charge in [-0.15, -0.1) is 52.4 Å². The molecule has 0 spiro atoms. The maximum absolute atomic E-state index is 8.74. The van der Waals surface area contributed by atoms with Gasteiger partial charge in [-0.1, -0.05) is 182 Å². The molecule has 0 aliphatic carbocycles. The van der Waals surface area contributed by atoms with E-state index in [1.165, 1.54) is 33.4 Å². The minimum absolute atomic E-state index is 0. The second-order valence-corrected chi connectivity index (χ2v) is 12.4. The van der Waals surface area contributed by atoms with E-state index in [1.807, 2.05) is 0 Å². The summed E-state index contributed by atoms with van der Waals surface area (Å²) in [6, 6.07) is 63.8. The van der Waals surface area contributed by atoms with E-state index in [2.05, 4.69) is 200 Å². The molecule has 0 amide bonds. The molecule has 0 radical (unpaired) electrons. The molecule has 2 N–H and O–H groups in total. The van der Waals surface area contributed by atoms with Gasteiger partial charge in [0.25, 0.3) is 0 Å². The van der Waals surface area contributed by atoms with Crippen molar-refractivity contribution >= 4 is 60.7 Å². The molecule has 238 valence electrons. The highest BCUT2D eigenvalue weighted by atomic mass is 79.9. The smallest absolute Gasteiger partial charge is 0.314 e. The summed E-state index contributed by atoms with van der Waals surface area (Å²) in [4.78, 5) is 14.3. The third kappa shape index (κ3) is 10.1. The zero-order valence-corrected chi connectivity index (χ0v) is 31.8. The van der Waals surface area contributed by atoms with Crippen LogP contribution in [0.15, 0.2) is 182 Å². The zero-order valence-electron chi connectivity index (χ0n) is 25.1. The Labute approximate surface area is 299 Å². The van der Waals surface area contributed by atoms with Crippen LogP contribution < -0.4 is 0 Å². The highest BCUT2D eigenvalue weighted by Gasteiger charge is 2.31. The molecule has 0 saturated carbocycles. The lowest BCUT2D eigenvalue weighted by Crippen LogP contribution is -2.21. The number of benzene rings is 6. The normalized spacial score (nSPS) is 10.5. The summed E-state index contributed by atoms with van der Waals surface area (Å²) >= 11 is 0. The van der Waals surface area contributed by atoms with E-state index < -0.39 is 8.25 Å². The molecule has 3 nitrogen and oxygen atoms in total. The molecule has 0 fully saturated rings. The van der Waals surface area contributed by atoms with Crippen LogP contribution in [0.25, 0.3) is 0 Å². The lowest BCUT2D eigenvalue weighted by molar-refractivity contribution is 0.405. The Morgan fingerprint density at radius 1 is 0.348 bits per heavy atom. The minimum atomic E-state index is -3.13. The van der Waals surface area contributed by atoms with E-state index in [1.54, 1.807) is 0 Å². The molecule has 46 heavy (non-hydrogen) atoms. The Bertz CT molecular complexity index is 1380. The van der Waals surface area contributed by atoms with Crippen molar-refractivity contribution < 1.29 is 14.4 Å². The maximum atomic E-state index is 8.74. The first-order chi connectivity index (χ1) is 21.4. The van der Waals surface area contributed by atoms with Crippen LogP contribution in [0.4, 0.5) is 0 Å². The van der Waals surface area contributed by atoms with Gasteiger partial charge >= 0.3 is 8.25 Å². The molecule has 6 aromatic carbocycles. The van der Waals surface area contributed by atoms with Crippen molar-refractivity contribution in [3.63, 3.8) is 0 Å². The summed E-state index contributed by atoms with van der Waals surface area (Å²) in [6.07, 6.45) is 0. The molecule has 0 bridgehead atoms. The van der Waals surface area contributed by atoms with Crippen molar-refractivity contribution in [1.82, 2.24) is 0 Å². The van der Waals surface area contributed by atoms with Gasteiger partial charge in [-0.25, -0.2) is 0 Å². The molecule has 6 rings (SSSR count). The predicted octanol–water partition coefficient (Wildman–Crippen LogP) is 10.2. The second-order valence-electron chi connectivity index (χ2n) is 10.1. The van der Waals surface area contributed by atoms with Crippen molar-refractivity contribution in [1.29, 1.82) is 0 Å². The fraction of sp³-hybridized carbons (Fsp3) is 0.0526. The molecule has 6 aromatic rings. The van der Waals surface area contributed by atoms with Crippen molar-refractivity contribution in [2.24, 2.45) is 0 Å². The van der Waals surface area contributed by atoms with E-state index in [0.29, 0.717) is 0 Å². The maximum Gasteiger partial charge on any atom is 0.314 e. The number of hydrogen-bond donors (Lipinski definition) is 2. The summed E-state index contributed by atoms with van der Waals surface area (Å²) in [7, 11) is 2.99.